The lowest BCUT2D eigenvalue weighted by Crippen LogP contribution is -2.35. The number of ether oxygens (including phenoxy) is 2. The summed E-state index contributed by atoms with van der Waals surface area (Å²) >= 11 is 0. The van der Waals surface area contributed by atoms with Gasteiger partial charge in [-0.1, -0.05) is 20.8 Å². The molecular formula is C28H38N2O5. The van der Waals surface area contributed by atoms with Gasteiger partial charge in [-0.25, -0.2) is 4.79 Å². The summed E-state index contributed by atoms with van der Waals surface area (Å²) in [5.41, 5.74) is 3.63. The number of aromatic hydroxyl groups is 1. The van der Waals surface area contributed by atoms with Crippen LogP contribution in [0.4, 0.5) is 0 Å². The van der Waals surface area contributed by atoms with Gasteiger partial charge in [0.2, 0.25) is 0 Å². The Labute approximate surface area is 207 Å². The Kier molecular flexibility index (Phi) is 6.12. The minimum absolute atomic E-state index is 0.0882. The molecule has 1 saturated carbocycles. The average molecular weight is 483 g/mol. The van der Waals surface area contributed by atoms with Crippen LogP contribution in [0.15, 0.2) is 27.6 Å². The molecule has 0 spiro atoms. The molecule has 2 aliphatic heterocycles. The van der Waals surface area contributed by atoms with Gasteiger partial charge < -0.3 is 19.0 Å². The second-order valence-corrected chi connectivity index (χ2v) is 11.9. The molecule has 190 valence electrons. The summed E-state index contributed by atoms with van der Waals surface area (Å²) in [4.78, 5) is 17.3. The largest absolute Gasteiger partial charge is 0.507 e. The molecule has 7 heteroatoms. The molecule has 0 unspecified atom stereocenters. The second-order valence-electron chi connectivity index (χ2n) is 11.9. The van der Waals surface area contributed by atoms with Crippen LogP contribution in [0.5, 0.6) is 17.2 Å². The Hall–Kier alpha value is -2.51. The van der Waals surface area contributed by atoms with Crippen molar-refractivity contribution in [2.45, 2.75) is 72.1 Å². The van der Waals surface area contributed by atoms with Crippen LogP contribution in [0.2, 0.25) is 0 Å². The minimum Gasteiger partial charge on any atom is -0.507 e. The van der Waals surface area contributed by atoms with Gasteiger partial charge in [0.1, 0.15) is 12.0 Å². The predicted octanol–water partition coefficient (Wildman–Crippen LogP) is 4.32. The fraction of sp³-hybridized carbons (Fsp3) is 0.607. The molecular weight excluding hydrogens is 444 g/mol. The molecule has 35 heavy (non-hydrogen) atoms. The van der Waals surface area contributed by atoms with Crippen molar-refractivity contribution in [3.05, 3.63) is 51.1 Å². The van der Waals surface area contributed by atoms with Crippen LogP contribution in [0, 0.1) is 10.8 Å². The highest BCUT2D eigenvalue weighted by molar-refractivity contribution is 5.48. The first kappa shape index (κ1) is 24.2. The third-order valence-corrected chi connectivity index (χ3v) is 8.22. The van der Waals surface area contributed by atoms with Crippen molar-refractivity contribution in [1.82, 2.24) is 9.80 Å². The maximum atomic E-state index is 12.7. The van der Waals surface area contributed by atoms with E-state index in [-0.39, 0.29) is 11.2 Å². The molecule has 1 saturated heterocycles. The normalized spacial score (nSPS) is 25.9. The lowest BCUT2D eigenvalue weighted by molar-refractivity contribution is 0.126. The lowest BCUT2D eigenvalue weighted by atomic mass is 9.65. The van der Waals surface area contributed by atoms with Gasteiger partial charge in [0.05, 0.1) is 19.8 Å². The zero-order valence-corrected chi connectivity index (χ0v) is 21.6. The zero-order chi connectivity index (χ0) is 25.0. The van der Waals surface area contributed by atoms with Gasteiger partial charge in [-0.2, -0.15) is 0 Å². The van der Waals surface area contributed by atoms with E-state index in [1.807, 2.05) is 6.07 Å². The Morgan fingerprint density at radius 1 is 1.09 bits per heavy atom. The van der Waals surface area contributed by atoms with Gasteiger partial charge in [0.15, 0.2) is 11.5 Å². The van der Waals surface area contributed by atoms with E-state index in [1.54, 1.807) is 14.2 Å². The van der Waals surface area contributed by atoms with E-state index in [0.717, 1.165) is 50.4 Å². The van der Waals surface area contributed by atoms with Gasteiger partial charge in [0, 0.05) is 44.3 Å². The Balaban J connectivity index is 1.34. The molecule has 5 rings (SSSR count). The molecule has 1 N–H and O–H groups in total. The summed E-state index contributed by atoms with van der Waals surface area (Å²) in [6, 6.07) is 4.53. The molecule has 0 radical (unpaired) electrons. The maximum Gasteiger partial charge on any atom is 0.343 e. The summed E-state index contributed by atoms with van der Waals surface area (Å²) in [7, 11) is 3.30. The van der Waals surface area contributed by atoms with Crippen molar-refractivity contribution >= 4 is 0 Å². The molecule has 0 amide bonds. The summed E-state index contributed by atoms with van der Waals surface area (Å²) in [6.45, 7) is 10.5. The van der Waals surface area contributed by atoms with E-state index < -0.39 is 5.63 Å². The SMILES string of the molecule is COc1cc2c(cc1OC)CN(Cc1coc(=O)c(CN3C[C@]4(C)C[C@@H]3CC(C)(C)C4)c1O)CC2. The quantitative estimate of drug-likeness (QED) is 0.657. The average Bonchev–Trinajstić information content (AvgIpc) is 3.04. The van der Waals surface area contributed by atoms with Crippen LogP contribution in [-0.4, -0.2) is 48.3 Å². The highest BCUT2D eigenvalue weighted by atomic mass is 16.5. The molecule has 1 aromatic heterocycles. The van der Waals surface area contributed by atoms with Crippen LogP contribution in [-0.2, 0) is 26.1 Å². The number of hydrogen-bond acceptors (Lipinski definition) is 7. The first-order valence-electron chi connectivity index (χ1n) is 12.6. The van der Waals surface area contributed by atoms with Crippen LogP contribution >= 0.6 is 0 Å². The van der Waals surface area contributed by atoms with E-state index in [9.17, 15) is 9.90 Å². The van der Waals surface area contributed by atoms with Crippen LogP contribution in [0.25, 0.3) is 0 Å². The molecule has 2 atom stereocenters. The van der Waals surface area contributed by atoms with E-state index in [1.165, 1.54) is 23.8 Å². The monoisotopic (exact) mass is 482 g/mol. The zero-order valence-electron chi connectivity index (χ0n) is 21.6. The van der Waals surface area contributed by atoms with E-state index in [4.69, 9.17) is 13.9 Å². The van der Waals surface area contributed by atoms with Gasteiger partial charge >= 0.3 is 5.63 Å². The predicted molar refractivity (Wildman–Crippen MR) is 134 cm³/mol. The molecule has 2 fully saturated rings. The van der Waals surface area contributed by atoms with Crippen molar-refractivity contribution in [2.75, 3.05) is 27.3 Å². The Morgan fingerprint density at radius 2 is 1.80 bits per heavy atom. The van der Waals surface area contributed by atoms with Gasteiger partial charge in [-0.05, 0) is 59.8 Å². The molecule has 3 aliphatic rings. The third kappa shape index (κ3) is 4.68. The van der Waals surface area contributed by atoms with E-state index in [0.29, 0.717) is 35.7 Å². The topological polar surface area (TPSA) is 75.4 Å². The van der Waals surface area contributed by atoms with E-state index in [2.05, 4.69) is 36.6 Å². The van der Waals surface area contributed by atoms with Crippen molar-refractivity contribution in [3.63, 3.8) is 0 Å². The lowest BCUT2D eigenvalue weighted by Gasteiger charge is -2.39. The fourth-order valence-electron chi connectivity index (χ4n) is 7.08. The second kappa shape index (κ2) is 8.86. The van der Waals surface area contributed by atoms with E-state index >= 15 is 0 Å². The number of fused-ring (bicyclic) bond motifs is 3. The van der Waals surface area contributed by atoms with Crippen molar-refractivity contribution in [1.29, 1.82) is 0 Å². The fourth-order valence-corrected chi connectivity index (χ4v) is 7.08. The summed E-state index contributed by atoms with van der Waals surface area (Å²) < 4.78 is 16.4. The minimum atomic E-state index is -0.432. The molecule has 1 aliphatic carbocycles. The molecule has 2 aromatic rings. The highest BCUT2D eigenvalue weighted by Gasteiger charge is 2.49. The molecule has 7 nitrogen and oxygen atoms in total. The first-order chi connectivity index (χ1) is 16.6. The standard InChI is InChI=1S/C28H38N2O5/c1-27(2)10-21-11-28(3,16-27)17-30(21)14-22-25(31)20(15-35-26(22)32)13-29-7-6-18-8-23(33-4)24(34-5)9-19(18)12-29/h8-9,15,21,31H,6-7,10-14,16-17H2,1-5H3/t21-,28+/m0/s1. The molecule has 3 heterocycles. The van der Waals surface area contributed by atoms with Crippen LogP contribution in [0.3, 0.4) is 0 Å². The Bertz CT molecular complexity index is 1170. The van der Waals surface area contributed by atoms with Crippen LogP contribution in [0.1, 0.15) is 62.3 Å². The summed E-state index contributed by atoms with van der Waals surface area (Å²) in [5, 5.41) is 11.2. The number of nitrogens with zero attached hydrogens (tertiary/aromatic N) is 2. The van der Waals surface area contributed by atoms with Gasteiger partial charge in [-0.15, -0.1) is 0 Å². The summed E-state index contributed by atoms with van der Waals surface area (Å²) in [6.07, 6.45) is 5.78. The van der Waals surface area contributed by atoms with Crippen molar-refractivity contribution in [2.24, 2.45) is 10.8 Å². The third-order valence-electron chi connectivity index (χ3n) is 8.22. The van der Waals surface area contributed by atoms with Crippen molar-refractivity contribution < 1.29 is 19.0 Å². The number of hydrogen-bond donors (Lipinski definition) is 1. The van der Waals surface area contributed by atoms with Gasteiger partial charge in [0.25, 0.3) is 0 Å². The maximum absolute atomic E-state index is 12.7. The van der Waals surface area contributed by atoms with Gasteiger partial charge in [-0.3, -0.25) is 9.80 Å². The van der Waals surface area contributed by atoms with Crippen molar-refractivity contribution in [3.8, 4) is 17.2 Å². The summed E-state index contributed by atoms with van der Waals surface area (Å²) in [5.74, 6) is 1.55. The first-order valence-corrected chi connectivity index (χ1v) is 12.6. The number of likely N-dealkylation sites (tertiary alicyclic amines) is 1. The molecule has 1 aromatic carbocycles. The number of benzene rings is 1. The smallest absolute Gasteiger partial charge is 0.343 e. The number of rotatable bonds is 6. The number of methoxy groups -OCH3 is 2. The Morgan fingerprint density at radius 3 is 2.51 bits per heavy atom. The van der Waals surface area contributed by atoms with Crippen LogP contribution < -0.4 is 15.1 Å². The molecule has 2 bridgehead atoms. The highest BCUT2D eigenvalue weighted by Crippen LogP contribution is 2.52.